The molecule has 1 N–H and O–H groups in total. The normalized spacial score (nSPS) is 23.8. The third-order valence-electron chi connectivity index (χ3n) is 5.05. The predicted octanol–water partition coefficient (Wildman–Crippen LogP) is -0.306. The van der Waals surface area contributed by atoms with Crippen LogP contribution in [0.15, 0.2) is 6.20 Å². The number of amides is 1. The lowest BCUT2D eigenvalue weighted by Gasteiger charge is -2.34. The number of fused-ring (bicyclic) bond motifs is 2. The highest BCUT2D eigenvalue weighted by atomic mass is 32.2. The number of hydrogen-bond donors (Lipinski definition) is 1. The summed E-state index contributed by atoms with van der Waals surface area (Å²) >= 11 is 0. The van der Waals surface area contributed by atoms with Gasteiger partial charge in [-0.15, -0.1) is 5.10 Å². The largest absolute Gasteiger partial charge is 0.394 e. The number of ether oxygens (including phenoxy) is 1. The Morgan fingerprint density at radius 3 is 2.82 bits per heavy atom. The van der Waals surface area contributed by atoms with Crippen LogP contribution in [0.25, 0.3) is 0 Å². The second kappa shape index (κ2) is 9.77. The highest BCUT2D eigenvalue weighted by molar-refractivity contribution is 7.88. The van der Waals surface area contributed by atoms with Crippen LogP contribution in [0.5, 0.6) is 0 Å². The lowest BCUT2D eigenvalue weighted by molar-refractivity contribution is -0.136. The molecular weight excluding hydrogens is 386 g/mol. The second-order valence-electron chi connectivity index (χ2n) is 7.52. The molecule has 3 atom stereocenters. The van der Waals surface area contributed by atoms with E-state index in [0.717, 1.165) is 6.26 Å². The molecule has 0 fully saturated rings. The maximum Gasteiger partial charge on any atom is 0.222 e. The average molecular weight is 418 g/mol. The topological polar surface area (TPSA) is 118 Å². The highest BCUT2D eigenvalue weighted by Crippen LogP contribution is 2.18. The van der Waals surface area contributed by atoms with E-state index in [1.54, 1.807) is 22.7 Å². The fraction of sp³-hybridized carbons (Fsp3) is 0.824. The van der Waals surface area contributed by atoms with Gasteiger partial charge >= 0.3 is 0 Å². The number of aryl methyl sites for hydroxylation is 1. The molecule has 28 heavy (non-hydrogen) atoms. The van der Waals surface area contributed by atoms with E-state index in [1.165, 1.54) is 11.4 Å². The van der Waals surface area contributed by atoms with E-state index >= 15 is 0 Å². The van der Waals surface area contributed by atoms with Crippen molar-refractivity contribution in [3.05, 3.63) is 11.9 Å². The molecule has 0 aliphatic carbocycles. The maximum atomic E-state index is 12.7. The van der Waals surface area contributed by atoms with Gasteiger partial charge in [0.1, 0.15) is 5.69 Å². The van der Waals surface area contributed by atoms with E-state index in [9.17, 15) is 18.3 Å². The summed E-state index contributed by atoms with van der Waals surface area (Å²) in [4.78, 5) is 14.4. The minimum atomic E-state index is -3.37. The van der Waals surface area contributed by atoms with Gasteiger partial charge in [0.2, 0.25) is 15.9 Å². The Morgan fingerprint density at radius 1 is 1.46 bits per heavy atom. The van der Waals surface area contributed by atoms with Crippen molar-refractivity contribution < 1.29 is 23.1 Å². The van der Waals surface area contributed by atoms with Crippen LogP contribution in [-0.4, -0.2) is 88.8 Å². The van der Waals surface area contributed by atoms with Crippen LogP contribution >= 0.6 is 0 Å². The molecule has 1 amide bonds. The molecule has 10 nitrogen and oxygen atoms in total. The molecule has 0 unspecified atom stereocenters. The number of nitrogens with zero attached hydrogens (tertiary/aromatic N) is 5. The number of hydrogen-bond acceptors (Lipinski definition) is 7. The number of aliphatic hydroxyl groups excluding tert-OH is 1. The molecule has 11 heteroatoms. The number of rotatable bonds is 5. The number of carbonyl (C=O) groups is 1. The molecule has 0 saturated carbocycles. The predicted molar refractivity (Wildman–Crippen MR) is 103 cm³/mol. The zero-order valence-corrected chi connectivity index (χ0v) is 17.8. The number of aliphatic hydroxyl groups is 1. The summed E-state index contributed by atoms with van der Waals surface area (Å²) < 4.78 is 32.6. The van der Waals surface area contributed by atoms with Crippen LogP contribution in [0.1, 0.15) is 32.4 Å². The van der Waals surface area contributed by atoms with Gasteiger partial charge in [-0.25, -0.2) is 12.7 Å². The monoisotopic (exact) mass is 417 g/mol. The fourth-order valence-electron chi connectivity index (χ4n) is 3.08. The van der Waals surface area contributed by atoms with Crippen molar-refractivity contribution >= 4 is 15.9 Å². The van der Waals surface area contributed by atoms with E-state index < -0.39 is 16.1 Å². The van der Waals surface area contributed by atoms with Gasteiger partial charge in [-0.2, -0.15) is 0 Å². The Labute approximate surface area is 166 Å². The summed E-state index contributed by atoms with van der Waals surface area (Å²) in [5.41, 5.74) is 0.658. The molecule has 1 aliphatic heterocycles. The van der Waals surface area contributed by atoms with Crippen LogP contribution in [0.4, 0.5) is 0 Å². The molecule has 0 spiro atoms. The third-order valence-corrected chi connectivity index (χ3v) is 6.33. The Morgan fingerprint density at radius 2 is 2.18 bits per heavy atom. The van der Waals surface area contributed by atoms with Crippen LogP contribution in [0.3, 0.4) is 0 Å². The number of sulfonamides is 1. The lowest BCUT2D eigenvalue weighted by Crippen LogP contribution is -2.47. The summed E-state index contributed by atoms with van der Waals surface area (Å²) in [5.74, 6) is -0.207. The Kier molecular flexibility index (Phi) is 7.93. The number of aromatic nitrogens is 3. The van der Waals surface area contributed by atoms with E-state index in [1.807, 2.05) is 6.92 Å². The van der Waals surface area contributed by atoms with Gasteiger partial charge in [0, 0.05) is 39.0 Å². The number of likely N-dealkylation sites (N-methyl/N-ethyl adjacent to an activating group) is 1. The standard InChI is InChI=1S/C17H31N5O5S/c1-13-8-22(14(2)11-23)17(24)6-5-7-21-9-15(18-19-21)12-27-16(13)10-20(3)28(4,25)26/h9,13-14,16,23H,5-8,10-12H2,1-4H3/t13-,14-,16+/m1/s1. The van der Waals surface area contributed by atoms with Gasteiger partial charge in [-0.1, -0.05) is 12.1 Å². The molecule has 2 bridgehead atoms. The molecule has 2 heterocycles. The zero-order chi connectivity index (χ0) is 20.9. The Bertz CT molecular complexity index is 753. The van der Waals surface area contributed by atoms with Crippen LogP contribution < -0.4 is 0 Å². The molecule has 160 valence electrons. The first kappa shape index (κ1) is 22.7. The molecule has 1 aromatic heterocycles. The van der Waals surface area contributed by atoms with Crippen molar-refractivity contribution in [1.82, 2.24) is 24.2 Å². The Hall–Kier alpha value is -1.56. The third kappa shape index (κ3) is 6.23. The van der Waals surface area contributed by atoms with Gasteiger partial charge in [0.05, 0.1) is 37.8 Å². The smallest absolute Gasteiger partial charge is 0.222 e. The minimum absolute atomic E-state index is 0.0526. The molecule has 2 rings (SSSR count). The molecule has 1 aliphatic rings. The second-order valence-corrected chi connectivity index (χ2v) is 9.61. The quantitative estimate of drug-likeness (QED) is 0.698. The van der Waals surface area contributed by atoms with Crippen molar-refractivity contribution in [3.63, 3.8) is 0 Å². The van der Waals surface area contributed by atoms with Crippen molar-refractivity contribution in [3.8, 4) is 0 Å². The summed E-state index contributed by atoms with van der Waals surface area (Å²) in [6, 6.07) is -0.328. The van der Waals surface area contributed by atoms with Crippen molar-refractivity contribution in [2.45, 2.75) is 52.0 Å². The highest BCUT2D eigenvalue weighted by Gasteiger charge is 2.29. The SMILES string of the molecule is C[C@@H]1CN([C@H](C)CO)C(=O)CCCn2cc(nn2)CO[C@H]1CN(C)S(C)(=O)=O. The van der Waals surface area contributed by atoms with Crippen molar-refractivity contribution in [2.24, 2.45) is 5.92 Å². The molecule has 1 aromatic rings. The van der Waals surface area contributed by atoms with Gasteiger partial charge < -0.3 is 14.7 Å². The zero-order valence-electron chi connectivity index (χ0n) is 17.0. The molecule has 0 saturated heterocycles. The average Bonchev–Trinajstić information content (AvgIpc) is 3.08. The van der Waals surface area contributed by atoms with E-state index in [-0.39, 0.29) is 37.6 Å². The summed E-state index contributed by atoms with van der Waals surface area (Å²) in [6.45, 7) is 4.87. The minimum Gasteiger partial charge on any atom is -0.394 e. The summed E-state index contributed by atoms with van der Waals surface area (Å²) in [6.07, 6.45) is 3.42. The summed E-state index contributed by atoms with van der Waals surface area (Å²) in [7, 11) is -1.87. The van der Waals surface area contributed by atoms with E-state index in [2.05, 4.69) is 10.3 Å². The van der Waals surface area contributed by atoms with Crippen LogP contribution in [0, 0.1) is 5.92 Å². The van der Waals surface area contributed by atoms with Gasteiger partial charge in [0.15, 0.2) is 0 Å². The first-order chi connectivity index (χ1) is 13.1. The number of carbonyl (C=O) groups excluding carboxylic acids is 1. The van der Waals surface area contributed by atoms with Crippen LogP contribution in [-0.2, 0) is 32.7 Å². The lowest BCUT2D eigenvalue weighted by atomic mass is 10.0. The van der Waals surface area contributed by atoms with Gasteiger partial charge in [-0.3, -0.25) is 9.48 Å². The first-order valence-corrected chi connectivity index (χ1v) is 11.3. The van der Waals surface area contributed by atoms with Crippen LogP contribution in [0.2, 0.25) is 0 Å². The van der Waals surface area contributed by atoms with Gasteiger partial charge in [-0.05, 0) is 13.3 Å². The van der Waals surface area contributed by atoms with E-state index in [0.29, 0.717) is 31.6 Å². The molecule has 0 aromatic carbocycles. The van der Waals surface area contributed by atoms with Gasteiger partial charge in [0.25, 0.3) is 0 Å². The van der Waals surface area contributed by atoms with Crippen molar-refractivity contribution in [1.29, 1.82) is 0 Å². The molecular formula is C17H31N5O5S. The maximum absolute atomic E-state index is 12.7. The van der Waals surface area contributed by atoms with E-state index in [4.69, 9.17) is 4.74 Å². The first-order valence-electron chi connectivity index (χ1n) is 9.44. The Balaban J connectivity index is 2.27. The van der Waals surface area contributed by atoms with Crippen molar-refractivity contribution in [2.75, 3.05) is 33.0 Å². The molecule has 0 radical (unpaired) electrons. The fourth-order valence-corrected chi connectivity index (χ4v) is 3.50. The summed E-state index contributed by atoms with van der Waals surface area (Å²) in [5, 5.41) is 17.7.